The van der Waals surface area contributed by atoms with Crippen molar-refractivity contribution in [1.82, 2.24) is 10.2 Å². The second kappa shape index (κ2) is 7.58. The van der Waals surface area contributed by atoms with Gasteiger partial charge in [-0.15, -0.1) is 0 Å². The van der Waals surface area contributed by atoms with Gasteiger partial charge in [0.15, 0.2) is 0 Å². The van der Waals surface area contributed by atoms with Crippen LogP contribution in [0.1, 0.15) is 37.1 Å². The lowest BCUT2D eigenvalue weighted by Gasteiger charge is -2.25. The first-order valence-corrected chi connectivity index (χ1v) is 7.68. The number of hydrogen-bond acceptors (Lipinski definition) is 2. The molecule has 0 saturated heterocycles. The maximum atomic E-state index is 12.3. The Labute approximate surface area is 137 Å². The molecule has 23 heavy (non-hydrogen) atoms. The first kappa shape index (κ1) is 16.7. The molecule has 2 amide bonds. The molecular weight excluding hydrogens is 288 g/mol. The zero-order valence-corrected chi connectivity index (χ0v) is 13.7. The van der Waals surface area contributed by atoms with Gasteiger partial charge in [-0.05, 0) is 25.0 Å². The molecule has 120 valence electrons. The van der Waals surface area contributed by atoms with E-state index in [2.05, 4.69) is 5.32 Å². The number of nitrogens with zero attached hydrogens (tertiary/aromatic N) is 1. The Hall–Kier alpha value is -2.62. The van der Waals surface area contributed by atoms with Crippen LogP contribution in [0.25, 0.3) is 0 Å². The molecule has 2 rings (SSSR count). The van der Waals surface area contributed by atoms with Crippen LogP contribution >= 0.6 is 0 Å². The van der Waals surface area contributed by atoms with Gasteiger partial charge in [-0.3, -0.25) is 9.59 Å². The average Bonchev–Trinajstić information content (AvgIpc) is 2.61. The molecule has 2 aromatic carbocycles. The van der Waals surface area contributed by atoms with Gasteiger partial charge < -0.3 is 10.2 Å². The molecule has 1 N–H and O–H groups in total. The van der Waals surface area contributed by atoms with Gasteiger partial charge in [-0.2, -0.15) is 0 Å². The zero-order chi connectivity index (χ0) is 16.8. The molecule has 0 unspecified atom stereocenters. The standard InChI is InChI=1S/C19H22N2O2/c1-14(16-10-6-4-7-11-16)20-18(22)19(23)21(3)15(2)17-12-8-5-9-13-17/h4-15H,1-3H3,(H,20,22)/t14-,15-/m0/s1. The third-order valence-electron chi connectivity index (χ3n) is 4.02. The Morgan fingerprint density at radius 2 is 1.35 bits per heavy atom. The lowest BCUT2D eigenvalue weighted by molar-refractivity contribution is -0.146. The highest BCUT2D eigenvalue weighted by atomic mass is 16.2. The van der Waals surface area contributed by atoms with E-state index in [1.807, 2.05) is 74.5 Å². The van der Waals surface area contributed by atoms with Gasteiger partial charge in [0.05, 0.1) is 12.1 Å². The fraction of sp³-hybridized carbons (Fsp3) is 0.263. The number of likely N-dealkylation sites (N-methyl/N-ethyl adjacent to an activating group) is 1. The van der Waals surface area contributed by atoms with E-state index < -0.39 is 11.8 Å². The molecule has 4 nitrogen and oxygen atoms in total. The topological polar surface area (TPSA) is 49.4 Å². The monoisotopic (exact) mass is 310 g/mol. The molecule has 0 heterocycles. The predicted octanol–water partition coefficient (Wildman–Crippen LogP) is 3.08. The minimum absolute atomic E-state index is 0.165. The van der Waals surface area contributed by atoms with Crippen molar-refractivity contribution in [2.45, 2.75) is 25.9 Å². The summed E-state index contributed by atoms with van der Waals surface area (Å²) >= 11 is 0. The minimum atomic E-state index is -0.591. The Balaban J connectivity index is 2.00. The first-order chi connectivity index (χ1) is 11.0. The van der Waals surface area contributed by atoms with E-state index in [9.17, 15) is 9.59 Å². The Morgan fingerprint density at radius 1 is 0.870 bits per heavy atom. The van der Waals surface area contributed by atoms with Crippen LogP contribution in [0.3, 0.4) is 0 Å². The number of rotatable bonds is 4. The number of carbonyl (C=O) groups excluding carboxylic acids is 2. The molecule has 2 atom stereocenters. The largest absolute Gasteiger partial charge is 0.341 e. The summed E-state index contributed by atoms with van der Waals surface area (Å²) in [6, 6.07) is 18.8. The highest BCUT2D eigenvalue weighted by Crippen LogP contribution is 2.18. The van der Waals surface area contributed by atoms with Crippen LogP contribution in [0, 0.1) is 0 Å². The molecule has 0 aliphatic carbocycles. The summed E-state index contributed by atoms with van der Waals surface area (Å²) < 4.78 is 0. The Morgan fingerprint density at radius 3 is 1.87 bits per heavy atom. The molecule has 0 aromatic heterocycles. The van der Waals surface area contributed by atoms with Crippen LogP contribution in [-0.2, 0) is 9.59 Å². The van der Waals surface area contributed by atoms with Crippen molar-refractivity contribution in [2.75, 3.05) is 7.05 Å². The molecule has 0 spiro atoms. The third kappa shape index (κ3) is 4.19. The van der Waals surface area contributed by atoms with E-state index in [1.54, 1.807) is 7.05 Å². The van der Waals surface area contributed by atoms with Crippen molar-refractivity contribution >= 4 is 11.8 Å². The van der Waals surface area contributed by atoms with Gasteiger partial charge >= 0.3 is 11.8 Å². The molecule has 4 heteroatoms. The first-order valence-electron chi connectivity index (χ1n) is 7.68. The SMILES string of the molecule is C[C@H](NC(=O)C(=O)N(C)[C@@H](C)c1ccccc1)c1ccccc1. The Bertz CT molecular complexity index is 656. The van der Waals surface area contributed by atoms with Gasteiger partial charge in [-0.1, -0.05) is 60.7 Å². The normalized spacial score (nSPS) is 13.0. The lowest BCUT2D eigenvalue weighted by Crippen LogP contribution is -2.42. The molecule has 0 aliphatic heterocycles. The molecule has 2 aromatic rings. The molecule has 0 saturated carbocycles. The second-order valence-corrected chi connectivity index (χ2v) is 5.61. The highest BCUT2D eigenvalue weighted by molar-refractivity contribution is 6.35. The maximum Gasteiger partial charge on any atom is 0.312 e. The third-order valence-corrected chi connectivity index (χ3v) is 4.02. The van der Waals surface area contributed by atoms with Gasteiger partial charge in [0.25, 0.3) is 0 Å². The molecule has 0 fully saturated rings. The van der Waals surface area contributed by atoms with E-state index in [0.29, 0.717) is 0 Å². The number of hydrogen-bond donors (Lipinski definition) is 1. The fourth-order valence-corrected chi connectivity index (χ4v) is 2.37. The summed E-state index contributed by atoms with van der Waals surface area (Å²) in [7, 11) is 1.65. The summed E-state index contributed by atoms with van der Waals surface area (Å²) in [6.45, 7) is 3.77. The van der Waals surface area contributed by atoms with Crippen molar-refractivity contribution in [3.63, 3.8) is 0 Å². The van der Waals surface area contributed by atoms with Gasteiger partial charge in [0.1, 0.15) is 0 Å². The quantitative estimate of drug-likeness (QED) is 0.882. The number of carbonyl (C=O) groups is 2. The molecular formula is C19H22N2O2. The van der Waals surface area contributed by atoms with Gasteiger partial charge in [0, 0.05) is 7.05 Å². The van der Waals surface area contributed by atoms with Crippen molar-refractivity contribution in [1.29, 1.82) is 0 Å². The van der Waals surface area contributed by atoms with Crippen LogP contribution in [0.15, 0.2) is 60.7 Å². The zero-order valence-electron chi connectivity index (χ0n) is 13.7. The fourth-order valence-electron chi connectivity index (χ4n) is 2.37. The second-order valence-electron chi connectivity index (χ2n) is 5.61. The average molecular weight is 310 g/mol. The van der Waals surface area contributed by atoms with Crippen LogP contribution in [0.2, 0.25) is 0 Å². The number of amides is 2. The van der Waals surface area contributed by atoms with Crippen molar-refractivity contribution in [3.8, 4) is 0 Å². The summed E-state index contributed by atoms with van der Waals surface area (Å²) in [5, 5.41) is 2.75. The lowest BCUT2D eigenvalue weighted by atomic mass is 10.1. The summed E-state index contributed by atoms with van der Waals surface area (Å²) in [4.78, 5) is 26.0. The van der Waals surface area contributed by atoms with E-state index >= 15 is 0 Å². The number of nitrogens with one attached hydrogen (secondary N) is 1. The minimum Gasteiger partial charge on any atom is -0.341 e. The smallest absolute Gasteiger partial charge is 0.312 e. The highest BCUT2D eigenvalue weighted by Gasteiger charge is 2.24. The van der Waals surface area contributed by atoms with E-state index in [4.69, 9.17) is 0 Å². The molecule has 0 aliphatic rings. The van der Waals surface area contributed by atoms with Crippen LogP contribution in [0.5, 0.6) is 0 Å². The van der Waals surface area contributed by atoms with Crippen molar-refractivity contribution in [3.05, 3.63) is 71.8 Å². The maximum absolute atomic E-state index is 12.3. The van der Waals surface area contributed by atoms with Crippen molar-refractivity contribution < 1.29 is 9.59 Å². The number of benzene rings is 2. The van der Waals surface area contributed by atoms with E-state index in [-0.39, 0.29) is 12.1 Å². The van der Waals surface area contributed by atoms with Crippen LogP contribution in [0.4, 0.5) is 0 Å². The molecule has 0 bridgehead atoms. The predicted molar refractivity (Wildman–Crippen MR) is 90.6 cm³/mol. The van der Waals surface area contributed by atoms with E-state index in [1.165, 1.54) is 4.90 Å². The van der Waals surface area contributed by atoms with Gasteiger partial charge in [0.2, 0.25) is 0 Å². The van der Waals surface area contributed by atoms with E-state index in [0.717, 1.165) is 11.1 Å². The summed E-state index contributed by atoms with van der Waals surface area (Å²) in [5.41, 5.74) is 1.96. The van der Waals surface area contributed by atoms with Crippen molar-refractivity contribution in [2.24, 2.45) is 0 Å². The molecule has 0 radical (unpaired) electrons. The Kier molecular flexibility index (Phi) is 5.52. The van der Waals surface area contributed by atoms with Gasteiger partial charge in [-0.25, -0.2) is 0 Å². The van der Waals surface area contributed by atoms with Crippen LogP contribution in [-0.4, -0.2) is 23.8 Å². The summed E-state index contributed by atoms with van der Waals surface area (Å²) in [6.07, 6.45) is 0. The van der Waals surface area contributed by atoms with Crippen LogP contribution < -0.4 is 5.32 Å². The summed E-state index contributed by atoms with van der Waals surface area (Å²) in [5.74, 6) is -1.13.